The highest BCUT2D eigenvalue weighted by Crippen LogP contribution is 2.42. The minimum Gasteiger partial charge on any atom is -0.426 e. The van der Waals surface area contributed by atoms with Crippen LogP contribution in [0, 0.1) is 11.8 Å². The SMILES string of the molecule is CCCc1ccc(C(O)CCCN2CCC(C(O)(c3ccccc3)c3ccccc3)CC2)cc1OC(=O)C(C)C. The minimum atomic E-state index is -1.01. The third kappa shape index (κ3) is 7.20. The quantitative estimate of drug-likeness (QED) is 0.197. The van der Waals surface area contributed by atoms with Crippen molar-refractivity contribution < 1.29 is 19.7 Å². The average Bonchev–Trinajstić information content (AvgIpc) is 2.98. The Labute approximate surface area is 239 Å². The number of aliphatic hydroxyl groups excluding tert-OH is 1. The van der Waals surface area contributed by atoms with Crippen LogP contribution in [0.4, 0.5) is 0 Å². The molecule has 40 heavy (non-hydrogen) atoms. The number of hydrogen-bond donors (Lipinski definition) is 2. The van der Waals surface area contributed by atoms with Crippen molar-refractivity contribution in [2.24, 2.45) is 11.8 Å². The Balaban J connectivity index is 1.33. The minimum absolute atomic E-state index is 0.132. The number of esters is 1. The first-order chi connectivity index (χ1) is 19.3. The summed E-state index contributed by atoms with van der Waals surface area (Å²) in [4.78, 5) is 14.7. The van der Waals surface area contributed by atoms with Crippen LogP contribution in [-0.2, 0) is 16.8 Å². The molecule has 1 unspecified atom stereocenters. The van der Waals surface area contributed by atoms with Crippen molar-refractivity contribution >= 4 is 5.97 Å². The van der Waals surface area contributed by atoms with Crippen LogP contribution >= 0.6 is 0 Å². The third-order valence-corrected chi connectivity index (χ3v) is 8.24. The largest absolute Gasteiger partial charge is 0.426 e. The van der Waals surface area contributed by atoms with Gasteiger partial charge in [0.1, 0.15) is 11.4 Å². The van der Waals surface area contributed by atoms with E-state index in [1.165, 1.54) is 0 Å². The maximum absolute atomic E-state index is 12.2. The molecule has 1 aliphatic rings. The predicted molar refractivity (Wildman–Crippen MR) is 160 cm³/mol. The van der Waals surface area contributed by atoms with Crippen LogP contribution in [0.3, 0.4) is 0 Å². The van der Waals surface area contributed by atoms with Crippen molar-refractivity contribution in [2.45, 2.75) is 71.0 Å². The molecule has 2 N–H and O–H groups in total. The first-order valence-electron chi connectivity index (χ1n) is 14.9. The van der Waals surface area contributed by atoms with Crippen molar-refractivity contribution in [3.8, 4) is 5.75 Å². The molecule has 1 atom stereocenters. The molecule has 1 aliphatic heterocycles. The number of piperidine rings is 1. The summed E-state index contributed by atoms with van der Waals surface area (Å²) in [7, 11) is 0. The molecule has 3 aromatic rings. The number of carbonyl (C=O) groups excluding carboxylic acids is 1. The van der Waals surface area contributed by atoms with Gasteiger partial charge in [-0.2, -0.15) is 0 Å². The van der Waals surface area contributed by atoms with Gasteiger partial charge in [-0.05, 0) is 86.0 Å². The Bertz CT molecular complexity index is 1160. The summed E-state index contributed by atoms with van der Waals surface area (Å²) in [5.74, 6) is 0.249. The lowest BCUT2D eigenvalue weighted by atomic mass is 9.72. The summed E-state index contributed by atoms with van der Waals surface area (Å²) in [5, 5.41) is 23.1. The number of hydrogen-bond acceptors (Lipinski definition) is 5. The molecule has 0 saturated carbocycles. The number of benzene rings is 3. The molecule has 3 aromatic carbocycles. The molecular formula is C35H45NO4. The van der Waals surface area contributed by atoms with E-state index in [0.717, 1.165) is 74.0 Å². The monoisotopic (exact) mass is 543 g/mol. The molecule has 214 valence electrons. The van der Waals surface area contributed by atoms with Crippen LogP contribution in [0.1, 0.15) is 81.2 Å². The zero-order valence-corrected chi connectivity index (χ0v) is 24.3. The van der Waals surface area contributed by atoms with Gasteiger partial charge in [-0.3, -0.25) is 4.79 Å². The number of aryl methyl sites for hydroxylation is 1. The Morgan fingerprint density at radius 2 is 1.57 bits per heavy atom. The smallest absolute Gasteiger partial charge is 0.313 e. The topological polar surface area (TPSA) is 70.0 Å². The predicted octanol–water partition coefficient (Wildman–Crippen LogP) is 6.66. The summed E-state index contributed by atoms with van der Waals surface area (Å²) >= 11 is 0. The molecule has 1 heterocycles. The lowest BCUT2D eigenvalue weighted by molar-refractivity contribution is -0.137. The highest BCUT2D eigenvalue weighted by atomic mass is 16.5. The van der Waals surface area contributed by atoms with Gasteiger partial charge in [-0.1, -0.05) is 100.0 Å². The van der Waals surface area contributed by atoms with E-state index < -0.39 is 11.7 Å². The first-order valence-corrected chi connectivity index (χ1v) is 14.9. The third-order valence-electron chi connectivity index (χ3n) is 8.24. The second-order valence-corrected chi connectivity index (χ2v) is 11.5. The maximum Gasteiger partial charge on any atom is 0.313 e. The summed E-state index contributed by atoms with van der Waals surface area (Å²) < 4.78 is 5.67. The van der Waals surface area contributed by atoms with E-state index in [-0.39, 0.29) is 17.8 Å². The van der Waals surface area contributed by atoms with Crippen LogP contribution < -0.4 is 4.74 Å². The Kier molecular flexibility index (Phi) is 10.5. The van der Waals surface area contributed by atoms with Crippen molar-refractivity contribution in [2.75, 3.05) is 19.6 Å². The molecule has 0 aliphatic carbocycles. The molecule has 0 amide bonds. The molecule has 0 bridgehead atoms. The van der Waals surface area contributed by atoms with Crippen LogP contribution in [0.5, 0.6) is 5.75 Å². The van der Waals surface area contributed by atoms with Gasteiger partial charge in [-0.15, -0.1) is 0 Å². The fourth-order valence-electron chi connectivity index (χ4n) is 5.85. The molecular weight excluding hydrogens is 498 g/mol. The molecule has 5 heteroatoms. The van der Waals surface area contributed by atoms with Gasteiger partial charge >= 0.3 is 5.97 Å². The summed E-state index contributed by atoms with van der Waals surface area (Å²) in [6.45, 7) is 8.50. The second kappa shape index (κ2) is 14.1. The highest BCUT2D eigenvalue weighted by molar-refractivity contribution is 5.74. The van der Waals surface area contributed by atoms with E-state index in [4.69, 9.17) is 4.74 Å². The van der Waals surface area contributed by atoms with Crippen molar-refractivity contribution in [1.29, 1.82) is 0 Å². The summed E-state index contributed by atoms with van der Waals surface area (Å²) in [6.07, 6.45) is 4.51. The number of likely N-dealkylation sites (tertiary alicyclic amines) is 1. The lowest BCUT2D eigenvalue weighted by Crippen LogP contribution is -2.44. The number of nitrogens with zero attached hydrogens (tertiary/aromatic N) is 1. The first kappa shape index (κ1) is 30.0. The molecule has 4 rings (SSSR count). The van der Waals surface area contributed by atoms with E-state index >= 15 is 0 Å². The number of aliphatic hydroxyl groups is 2. The number of ether oxygens (including phenoxy) is 1. The molecule has 0 spiro atoms. The fourth-order valence-corrected chi connectivity index (χ4v) is 5.85. The fraction of sp³-hybridized carbons (Fsp3) is 0.457. The van der Waals surface area contributed by atoms with Crippen molar-refractivity contribution in [1.82, 2.24) is 4.90 Å². The zero-order valence-electron chi connectivity index (χ0n) is 24.3. The molecule has 0 aromatic heterocycles. The molecule has 0 radical (unpaired) electrons. The number of rotatable bonds is 12. The average molecular weight is 544 g/mol. The number of carbonyl (C=O) groups is 1. The zero-order chi connectivity index (χ0) is 28.5. The molecule has 1 fully saturated rings. The van der Waals surface area contributed by atoms with Gasteiger partial charge in [0.15, 0.2) is 0 Å². The van der Waals surface area contributed by atoms with E-state index in [9.17, 15) is 15.0 Å². The van der Waals surface area contributed by atoms with Crippen molar-refractivity contribution in [3.05, 3.63) is 101 Å². The normalized spacial score (nSPS) is 15.8. The van der Waals surface area contributed by atoms with Crippen LogP contribution in [0.2, 0.25) is 0 Å². The van der Waals surface area contributed by atoms with Crippen LogP contribution in [0.15, 0.2) is 78.9 Å². The van der Waals surface area contributed by atoms with Gasteiger partial charge in [0.25, 0.3) is 0 Å². The Morgan fingerprint density at radius 1 is 0.975 bits per heavy atom. The van der Waals surface area contributed by atoms with Gasteiger partial charge in [0.2, 0.25) is 0 Å². The Hall–Kier alpha value is -2.99. The molecule has 5 nitrogen and oxygen atoms in total. The summed E-state index contributed by atoms with van der Waals surface area (Å²) in [5.41, 5.74) is 2.69. The lowest BCUT2D eigenvalue weighted by Gasteiger charge is -2.42. The van der Waals surface area contributed by atoms with Gasteiger partial charge in [-0.25, -0.2) is 0 Å². The van der Waals surface area contributed by atoms with Crippen LogP contribution in [-0.4, -0.2) is 40.7 Å². The second-order valence-electron chi connectivity index (χ2n) is 11.5. The van der Waals surface area contributed by atoms with Crippen molar-refractivity contribution in [3.63, 3.8) is 0 Å². The Morgan fingerprint density at radius 3 is 2.12 bits per heavy atom. The molecule has 1 saturated heterocycles. The maximum atomic E-state index is 12.2. The van der Waals surface area contributed by atoms with E-state index in [2.05, 4.69) is 11.8 Å². The van der Waals surface area contributed by atoms with E-state index in [1.807, 2.05) is 92.7 Å². The standard InChI is InChI=1S/C35H45NO4/c1-4-12-27-18-19-28(25-33(27)40-34(38)26(2)3)32(37)17-11-22-36-23-20-31(21-24-36)35(39,29-13-7-5-8-14-29)30-15-9-6-10-16-30/h5-10,13-16,18-19,25-26,31-32,37,39H,4,11-12,17,20-24H2,1-3H3. The van der Waals surface area contributed by atoms with Gasteiger partial charge < -0.3 is 19.8 Å². The summed E-state index contributed by atoms with van der Waals surface area (Å²) in [6, 6.07) is 25.9. The van der Waals surface area contributed by atoms with Crippen LogP contribution in [0.25, 0.3) is 0 Å². The highest BCUT2D eigenvalue weighted by Gasteiger charge is 2.41. The van der Waals surface area contributed by atoms with E-state index in [1.54, 1.807) is 0 Å². The van der Waals surface area contributed by atoms with E-state index in [0.29, 0.717) is 12.2 Å². The van der Waals surface area contributed by atoms with Gasteiger partial charge in [0.05, 0.1) is 12.0 Å². The van der Waals surface area contributed by atoms with Gasteiger partial charge in [0, 0.05) is 0 Å².